The molecular weight excluding hydrogens is 304 g/mol. The Balaban J connectivity index is 1.73. The summed E-state index contributed by atoms with van der Waals surface area (Å²) in [5.74, 6) is 0.855. The number of carbonyl (C=O) groups is 1. The van der Waals surface area contributed by atoms with Crippen LogP contribution in [0.15, 0.2) is 18.2 Å². The van der Waals surface area contributed by atoms with Gasteiger partial charge < -0.3 is 20.1 Å². The molecule has 2 rings (SSSR count). The van der Waals surface area contributed by atoms with E-state index in [1.54, 1.807) is 7.11 Å². The normalized spacial score (nSPS) is 16.6. The highest BCUT2D eigenvalue weighted by molar-refractivity contribution is 5.76. The van der Waals surface area contributed by atoms with Crippen molar-refractivity contribution in [3.05, 3.63) is 29.3 Å². The van der Waals surface area contributed by atoms with Crippen molar-refractivity contribution >= 4 is 5.91 Å². The maximum Gasteiger partial charge on any atom is 0.223 e. The minimum Gasteiger partial charge on any atom is -0.493 e. The Hall–Kier alpha value is -1.59. The van der Waals surface area contributed by atoms with E-state index in [4.69, 9.17) is 9.47 Å². The molecule has 1 aromatic carbocycles. The van der Waals surface area contributed by atoms with Gasteiger partial charge in [0.05, 0.1) is 19.6 Å². The average molecular weight is 334 g/mol. The molecule has 1 aliphatic heterocycles. The molecule has 5 nitrogen and oxygen atoms in total. The van der Waals surface area contributed by atoms with Crippen LogP contribution < -0.4 is 15.4 Å². The summed E-state index contributed by atoms with van der Waals surface area (Å²) >= 11 is 0. The van der Waals surface area contributed by atoms with Gasteiger partial charge >= 0.3 is 0 Å². The van der Waals surface area contributed by atoms with Crippen LogP contribution in [0.4, 0.5) is 0 Å². The average Bonchev–Trinajstić information content (AvgIpc) is 2.57. The fraction of sp³-hybridized carbons (Fsp3) is 0.632. The molecule has 0 spiro atoms. The minimum atomic E-state index is 0.0350. The zero-order valence-corrected chi connectivity index (χ0v) is 15.1. The quantitative estimate of drug-likeness (QED) is 0.765. The predicted octanol–water partition coefficient (Wildman–Crippen LogP) is 2.20. The number of hydrogen-bond acceptors (Lipinski definition) is 4. The lowest BCUT2D eigenvalue weighted by Crippen LogP contribution is -2.47. The van der Waals surface area contributed by atoms with Crippen LogP contribution in [0.3, 0.4) is 0 Å². The molecule has 1 amide bonds. The molecule has 0 aliphatic carbocycles. The molecule has 0 bridgehead atoms. The Morgan fingerprint density at radius 2 is 2.00 bits per heavy atom. The molecule has 1 saturated heterocycles. The van der Waals surface area contributed by atoms with Crippen molar-refractivity contribution in [3.63, 3.8) is 0 Å². The van der Waals surface area contributed by atoms with E-state index in [0.29, 0.717) is 26.2 Å². The summed E-state index contributed by atoms with van der Waals surface area (Å²) in [6.45, 7) is 7.85. The topological polar surface area (TPSA) is 59.6 Å². The van der Waals surface area contributed by atoms with E-state index in [1.165, 1.54) is 11.1 Å². The lowest BCUT2D eigenvalue weighted by molar-refractivity contribution is -0.122. The zero-order chi connectivity index (χ0) is 17.4. The van der Waals surface area contributed by atoms with Gasteiger partial charge in [-0.2, -0.15) is 0 Å². The maximum atomic E-state index is 12.1. The molecule has 1 fully saturated rings. The maximum absolute atomic E-state index is 12.1. The molecule has 0 radical (unpaired) electrons. The second-order valence-corrected chi connectivity index (χ2v) is 6.80. The first-order chi connectivity index (χ1) is 11.5. The highest BCUT2D eigenvalue weighted by Gasteiger charge is 2.32. The first-order valence-corrected chi connectivity index (χ1v) is 8.71. The van der Waals surface area contributed by atoms with E-state index in [0.717, 1.165) is 31.7 Å². The van der Waals surface area contributed by atoms with Crippen LogP contribution in [-0.4, -0.2) is 45.9 Å². The lowest BCUT2D eigenvalue weighted by Gasteiger charge is -2.37. The van der Waals surface area contributed by atoms with Gasteiger partial charge in [-0.05, 0) is 63.0 Å². The van der Waals surface area contributed by atoms with E-state index in [2.05, 4.69) is 24.5 Å². The van der Waals surface area contributed by atoms with Gasteiger partial charge in [0.1, 0.15) is 5.75 Å². The van der Waals surface area contributed by atoms with E-state index in [-0.39, 0.29) is 11.3 Å². The Kier molecular flexibility index (Phi) is 7.06. The number of aryl methyl sites for hydroxylation is 2. The molecule has 0 saturated carbocycles. The Labute approximate surface area is 145 Å². The molecule has 5 heteroatoms. The number of carbonyl (C=O) groups excluding carboxylic acids is 1. The van der Waals surface area contributed by atoms with E-state index in [1.807, 2.05) is 18.2 Å². The second kappa shape index (κ2) is 9.04. The van der Waals surface area contributed by atoms with Gasteiger partial charge in [0, 0.05) is 19.1 Å². The van der Waals surface area contributed by atoms with Crippen LogP contribution in [0.2, 0.25) is 0 Å². The fourth-order valence-corrected chi connectivity index (χ4v) is 3.08. The monoisotopic (exact) mass is 334 g/mol. The number of hydrogen-bond donors (Lipinski definition) is 2. The Bertz CT molecular complexity index is 534. The fourth-order valence-electron chi connectivity index (χ4n) is 3.08. The third kappa shape index (κ3) is 5.49. The van der Waals surface area contributed by atoms with Crippen LogP contribution in [-0.2, 0) is 9.53 Å². The number of ether oxygens (including phenoxy) is 2. The van der Waals surface area contributed by atoms with Crippen LogP contribution >= 0.6 is 0 Å². The summed E-state index contributed by atoms with van der Waals surface area (Å²) in [5.41, 5.74) is 2.50. The summed E-state index contributed by atoms with van der Waals surface area (Å²) in [6, 6.07) is 6.00. The first-order valence-electron chi connectivity index (χ1n) is 8.71. The highest BCUT2D eigenvalue weighted by Crippen LogP contribution is 2.28. The van der Waals surface area contributed by atoms with Crippen molar-refractivity contribution in [3.8, 4) is 5.75 Å². The van der Waals surface area contributed by atoms with Gasteiger partial charge in [-0.25, -0.2) is 0 Å². The Morgan fingerprint density at radius 3 is 2.67 bits per heavy atom. The summed E-state index contributed by atoms with van der Waals surface area (Å²) in [7, 11) is 1.73. The molecule has 0 atom stereocenters. The molecule has 2 N–H and O–H groups in total. The molecule has 1 heterocycles. The van der Waals surface area contributed by atoms with E-state index >= 15 is 0 Å². The predicted molar refractivity (Wildman–Crippen MR) is 95.5 cm³/mol. The lowest BCUT2D eigenvalue weighted by atomic mass is 9.79. The van der Waals surface area contributed by atoms with Crippen molar-refractivity contribution in [2.24, 2.45) is 5.41 Å². The summed E-state index contributed by atoms with van der Waals surface area (Å²) in [6.07, 6.45) is 2.43. The molecular formula is C19H30N2O3. The summed E-state index contributed by atoms with van der Waals surface area (Å²) < 4.78 is 11.1. The van der Waals surface area contributed by atoms with Gasteiger partial charge in [-0.15, -0.1) is 0 Å². The minimum absolute atomic E-state index is 0.0350. The molecule has 1 aromatic rings. The second-order valence-electron chi connectivity index (χ2n) is 6.80. The van der Waals surface area contributed by atoms with Crippen LogP contribution in [0.25, 0.3) is 0 Å². The molecule has 0 aromatic heterocycles. The molecule has 1 aliphatic rings. The zero-order valence-electron chi connectivity index (χ0n) is 15.1. The van der Waals surface area contributed by atoms with Crippen molar-refractivity contribution in [2.45, 2.75) is 33.1 Å². The number of piperidine rings is 1. The van der Waals surface area contributed by atoms with Gasteiger partial charge in [0.2, 0.25) is 5.91 Å². The van der Waals surface area contributed by atoms with Crippen LogP contribution in [0.1, 0.15) is 30.4 Å². The number of rotatable bonds is 8. The van der Waals surface area contributed by atoms with Crippen molar-refractivity contribution in [1.82, 2.24) is 10.6 Å². The van der Waals surface area contributed by atoms with E-state index in [9.17, 15) is 4.79 Å². The number of nitrogens with one attached hydrogen (secondary N) is 2. The van der Waals surface area contributed by atoms with Gasteiger partial charge in [-0.1, -0.05) is 6.07 Å². The summed E-state index contributed by atoms with van der Waals surface area (Å²) in [5, 5.41) is 6.42. The largest absolute Gasteiger partial charge is 0.493 e. The van der Waals surface area contributed by atoms with Crippen LogP contribution in [0.5, 0.6) is 5.75 Å². The highest BCUT2D eigenvalue weighted by atomic mass is 16.5. The summed E-state index contributed by atoms with van der Waals surface area (Å²) in [4.78, 5) is 12.1. The van der Waals surface area contributed by atoms with Gasteiger partial charge in [0.15, 0.2) is 0 Å². The van der Waals surface area contributed by atoms with Crippen molar-refractivity contribution < 1.29 is 14.3 Å². The standard InChI is InChI=1S/C19H30N2O3/c1-15-4-5-17(12-16(15)2)24-11-6-18(22)21-13-19(14-23-3)7-9-20-10-8-19/h4-5,12,20H,6-11,13-14H2,1-3H3,(H,21,22). The molecule has 0 unspecified atom stereocenters. The number of benzene rings is 1. The first kappa shape index (κ1) is 18.7. The van der Waals surface area contributed by atoms with Gasteiger partial charge in [0.25, 0.3) is 0 Å². The third-order valence-electron chi connectivity index (χ3n) is 4.85. The SMILES string of the molecule is COCC1(CNC(=O)CCOc2ccc(C)c(C)c2)CCNCC1. The van der Waals surface area contributed by atoms with Crippen molar-refractivity contribution in [1.29, 1.82) is 0 Å². The Morgan fingerprint density at radius 1 is 1.25 bits per heavy atom. The number of methoxy groups -OCH3 is 1. The third-order valence-corrected chi connectivity index (χ3v) is 4.85. The van der Waals surface area contributed by atoms with Crippen LogP contribution in [0, 0.1) is 19.3 Å². The number of amides is 1. The molecule has 24 heavy (non-hydrogen) atoms. The van der Waals surface area contributed by atoms with E-state index < -0.39 is 0 Å². The molecule has 134 valence electrons. The van der Waals surface area contributed by atoms with Gasteiger partial charge in [-0.3, -0.25) is 4.79 Å². The van der Waals surface area contributed by atoms with Crippen molar-refractivity contribution in [2.75, 3.05) is 40.0 Å². The smallest absolute Gasteiger partial charge is 0.223 e.